The molecule has 2 aliphatic heterocycles. The summed E-state index contributed by atoms with van der Waals surface area (Å²) < 4.78 is 0. The zero-order valence-electron chi connectivity index (χ0n) is 18.8. The first-order valence-electron chi connectivity index (χ1n) is 10.9. The van der Waals surface area contributed by atoms with Crippen LogP contribution in [0.5, 0.6) is 0 Å². The number of nitrogens with one attached hydrogen (secondary N) is 1. The summed E-state index contributed by atoms with van der Waals surface area (Å²) in [5, 5.41) is 22.7. The van der Waals surface area contributed by atoms with Crippen LogP contribution in [-0.2, 0) is 16.1 Å². The van der Waals surface area contributed by atoms with E-state index >= 15 is 0 Å². The molecule has 3 aromatic carbocycles. The summed E-state index contributed by atoms with van der Waals surface area (Å²) in [5.41, 5.74) is 1.85. The summed E-state index contributed by atoms with van der Waals surface area (Å²) in [6.07, 6.45) is 0. The number of halogens is 2. The van der Waals surface area contributed by atoms with Crippen molar-refractivity contribution in [3.05, 3.63) is 116 Å². The van der Waals surface area contributed by atoms with Gasteiger partial charge in [-0.1, -0.05) is 47.5 Å². The number of nitrogens with zero attached hydrogens (tertiary/aromatic N) is 1. The second-order valence-electron chi connectivity index (χ2n) is 8.36. The number of rotatable bonds is 6. The minimum atomic E-state index is -1.31. The molecule has 2 heterocycles. The molecule has 0 spiro atoms. The zero-order valence-corrected chi connectivity index (χ0v) is 20.3. The van der Waals surface area contributed by atoms with E-state index in [1.165, 1.54) is 17.0 Å². The van der Waals surface area contributed by atoms with Crippen LogP contribution in [0, 0.1) is 0 Å². The van der Waals surface area contributed by atoms with Gasteiger partial charge in [-0.15, -0.1) is 0 Å². The molecule has 10 heteroatoms. The molecule has 2 amide bonds. The number of hydrogen-bond donors (Lipinski definition) is 3. The monoisotopic (exact) mass is 534 g/mol. The average molecular weight is 535 g/mol. The number of benzene rings is 3. The van der Waals surface area contributed by atoms with Crippen LogP contribution < -0.4 is 5.32 Å². The Morgan fingerprint density at radius 1 is 0.757 bits per heavy atom. The van der Waals surface area contributed by atoms with Crippen molar-refractivity contribution in [3.63, 3.8) is 0 Å². The summed E-state index contributed by atoms with van der Waals surface area (Å²) in [6.45, 7) is -0.174. The third-order valence-electron chi connectivity index (χ3n) is 6.01. The third-order valence-corrected chi connectivity index (χ3v) is 6.51. The Morgan fingerprint density at radius 3 is 1.78 bits per heavy atom. The van der Waals surface area contributed by atoms with Gasteiger partial charge in [0.25, 0.3) is 11.8 Å². The molecule has 0 saturated carbocycles. The molecular weight excluding hydrogens is 519 g/mol. The highest BCUT2D eigenvalue weighted by Gasteiger charge is 2.45. The molecule has 0 fully saturated rings. The van der Waals surface area contributed by atoms with Crippen LogP contribution in [0.15, 0.2) is 77.9 Å². The number of amides is 2. The second kappa shape index (κ2) is 9.24. The van der Waals surface area contributed by atoms with Crippen molar-refractivity contribution in [1.82, 2.24) is 10.2 Å². The number of fused-ring (bicyclic) bond motifs is 1. The second-order valence-corrected chi connectivity index (χ2v) is 9.23. The third kappa shape index (κ3) is 4.37. The Labute approximate surface area is 220 Å². The fourth-order valence-electron chi connectivity index (χ4n) is 4.39. The van der Waals surface area contributed by atoms with Crippen molar-refractivity contribution >= 4 is 58.3 Å². The molecule has 5 rings (SSSR count). The average Bonchev–Trinajstić information content (AvgIpc) is 3.35. The van der Waals surface area contributed by atoms with Gasteiger partial charge >= 0.3 is 11.9 Å². The maximum Gasteiger partial charge on any atom is 0.335 e. The Balaban J connectivity index is 1.69. The quantitative estimate of drug-likeness (QED) is 0.421. The summed E-state index contributed by atoms with van der Waals surface area (Å²) in [6, 6.07) is 16.9. The lowest BCUT2D eigenvalue weighted by molar-refractivity contribution is -0.123. The van der Waals surface area contributed by atoms with E-state index in [0.717, 1.165) is 6.07 Å². The summed E-state index contributed by atoms with van der Waals surface area (Å²) in [5.74, 6) is -3.60. The molecule has 0 bridgehead atoms. The largest absolute Gasteiger partial charge is 0.478 e. The Morgan fingerprint density at radius 2 is 1.27 bits per heavy atom. The first-order valence-corrected chi connectivity index (χ1v) is 11.6. The molecule has 37 heavy (non-hydrogen) atoms. The van der Waals surface area contributed by atoms with Gasteiger partial charge < -0.3 is 20.4 Å². The first kappa shape index (κ1) is 24.3. The van der Waals surface area contributed by atoms with Crippen molar-refractivity contribution in [2.24, 2.45) is 0 Å². The predicted octanol–water partition coefficient (Wildman–Crippen LogP) is 4.68. The number of carbonyl (C=O) groups excluding carboxylic acids is 2. The van der Waals surface area contributed by atoms with E-state index in [-0.39, 0.29) is 34.4 Å². The molecule has 0 unspecified atom stereocenters. The SMILES string of the molecule is O=C1NC(c2ccc(Cl)cc2)=C2C(=O)N(Cc3cc(C(=O)O)cc(C(=O)O)c3)C(c3ccc(Cl)cc3)=C12. The fourth-order valence-corrected chi connectivity index (χ4v) is 4.64. The van der Waals surface area contributed by atoms with E-state index in [4.69, 9.17) is 23.2 Å². The number of hydrogen-bond acceptors (Lipinski definition) is 4. The van der Waals surface area contributed by atoms with Crippen LogP contribution in [0.3, 0.4) is 0 Å². The lowest BCUT2D eigenvalue weighted by atomic mass is 10.0. The molecule has 184 valence electrons. The van der Waals surface area contributed by atoms with Gasteiger partial charge in [-0.25, -0.2) is 9.59 Å². The number of carbonyl (C=O) groups is 4. The molecule has 8 nitrogen and oxygen atoms in total. The highest BCUT2D eigenvalue weighted by Crippen LogP contribution is 2.43. The van der Waals surface area contributed by atoms with E-state index in [0.29, 0.717) is 32.6 Å². The van der Waals surface area contributed by atoms with Crippen LogP contribution in [0.4, 0.5) is 0 Å². The summed E-state index contributed by atoms with van der Waals surface area (Å²) >= 11 is 12.1. The smallest absolute Gasteiger partial charge is 0.335 e. The molecule has 0 radical (unpaired) electrons. The van der Waals surface area contributed by atoms with Gasteiger partial charge in [0.05, 0.1) is 40.2 Å². The standard InChI is InChI=1S/C27H16Cl2N2O6/c28-18-5-1-14(2-6-18)22-20-21(24(32)30-22)23(15-3-7-19(29)8-4-15)31(25(20)33)12-13-9-16(26(34)35)11-17(10-13)27(36)37/h1-11H,12H2,(H,30,32)(H,34,35)(H,36,37). The van der Waals surface area contributed by atoms with Crippen LogP contribution in [-0.4, -0.2) is 38.9 Å². The van der Waals surface area contributed by atoms with Crippen molar-refractivity contribution in [3.8, 4) is 0 Å². The maximum absolute atomic E-state index is 13.8. The van der Waals surface area contributed by atoms with E-state index < -0.39 is 23.8 Å². The fraction of sp³-hybridized carbons (Fsp3) is 0.0370. The van der Waals surface area contributed by atoms with Crippen molar-refractivity contribution < 1.29 is 29.4 Å². The van der Waals surface area contributed by atoms with Crippen LogP contribution in [0.2, 0.25) is 10.0 Å². The number of carboxylic acid groups (broad SMARTS) is 2. The van der Waals surface area contributed by atoms with Crippen molar-refractivity contribution in [2.75, 3.05) is 0 Å². The molecule has 0 aliphatic carbocycles. The van der Waals surface area contributed by atoms with Gasteiger partial charge in [-0.2, -0.15) is 0 Å². The Kier molecular flexibility index (Phi) is 6.07. The zero-order chi connectivity index (χ0) is 26.4. The van der Waals surface area contributed by atoms with Gasteiger partial charge in [0.2, 0.25) is 0 Å². The van der Waals surface area contributed by atoms with Gasteiger partial charge in [0.15, 0.2) is 0 Å². The normalized spacial score (nSPS) is 14.8. The van der Waals surface area contributed by atoms with Crippen molar-refractivity contribution in [2.45, 2.75) is 6.54 Å². The van der Waals surface area contributed by atoms with Crippen LogP contribution in [0.25, 0.3) is 11.4 Å². The molecule has 0 saturated heterocycles. The Bertz CT molecular complexity index is 1540. The van der Waals surface area contributed by atoms with Crippen LogP contribution in [0.1, 0.15) is 37.4 Å². The van der Waals surface area contributed by atoms with Gasteiger partial charge in [0.1, 0.15) is 0 Å². The highest BCUT2D eigenvalue weighted by molar-refractivity contribution is 6.32. The molecule has 0 atom stereocenters. The van der Waals surface area contributed by atoms with E-state index in [1.807, 2.05) is 0 Å². The highest BCUT2D eigenvalue weighted by atomic mass is 35.5. The number of carboxylic acids is 2. The minimum absolute atomic E-state index is 0.158. The molecule has 0 aromatic heterocycles. The predicted molar refractivity (Wildman–Crippen MR) is 136 cm³/mol. The van der Waals surface area contributed by atoms with E-state index in [9.17, 15) is 29.4 Å². The Hall–Kier alpha value is -4.40. The lowest BCUT2D eigenvalue weighted by Gasteiger charge is -2.22. The van der Waals surface area contributed by atoms with Gasteiger partial charge in [-0.05, 0) is 59.2 Å². The molecule has 3 N–H and O–H groups in total. The molecular formula is C27H16Cl2N2O6. The first-order chi connectivity index (χ1) is 17.6. The van der Waals surface area contributed by atoms with E-state index in [1.54, 1.807) is 48.5 Å². The minimum Gasteiger partial charge on any atom is -0.478 e. The summed E-state index contributed by atoms with van der Waals surface area (Å²) in [7, 11) is 0. The van der Waals surface area contributed by atoms with E-state index in [2.05, 4.69) is 5.32 Å². The van der Waals surface area contributed by atoms with Crippen molar-refractivity contribution in [1.29, 1.82) is 0 Å². The molecule has 2 aliphatic rings. The number of aromatic carboxylic acids is 2. The summed E-state index contributed by atoms with van der Waals surface area (Å²) in [4.78, 5) is 51.6. The van der Waals surface area contributed by atoms with Gasteiger partial charge in [-0.3, -0.25) is 9.59 Å². The topological polar surface area (TPSA) is 124 Å². The van der Waals surface area contributed by atoms with Gasteiger partial charge in [0, 0.05) is 10.0 Å². The van der Waals surface area contributed by atoms with Crippen LogP contribution >= 0.6 is 23.2 Å². The molecule has 3 aromatic rings. The lowest BCUT2D eigenvalue weighted by Crippen LogP contribution is -2.27. The maximum atomic E-state index is 13.8.